The molecule has 2 heteroatoms. The van der Waals surface area contributed by atoms with E-state index in [4.69, 9.17) is 0 Å². The third-order valence-corrected chi connectivity index (χ3v) is 0.887. The van der Waals surface area contributed by atoms with Gasteiger partial charge in [-0.15, -0.1) is 0 Å². The van der Waals surface area contributed by atoms with Gasteiger partial charge in [0.25, 0.3) is 0 Å². The van der Waals surface area contributed by atoms with E-state index in [1.807, 2.05) is 6.92 Å². The van der Waals surface area contributed by atoms with Crippen LogP contribution < -0.4 is 5.32 Å². The second kappa shape index (κ2) is 3.89. The maximum atomic E-state index is 10.6. The number of carbonyl (C=O) groups excluding carboxylic acids is 1. The van der Waals surface area contributed by atoms with Crippen LogP contribution >= 0.6 is 0 Å². The lowest BCUT2D eigenvalue weighted by atomic mass is 10.2. The zero-order valence-corrected chi connectivity index (χ0v) is 5.77. The average molecular weight is 125 g/mol. The second-order valence-electron chi connectivity index (χ2n) is 1.60. The molecule has 0 fully saturated rings. The van der Waals surface area contributed by atoms with E-state index in [9.17, 15) is 4.79 Å². The van der Waals surface area contributed by atoms with Gasteiger partial charge < -0.3 is 5.32 Å². The minimum atomic E-state index is -0.131. The molecule has 0 aliphatic carbocycles. The Bertz CT molecular complexity index is 147. The first-order valence-corrected chi connectivity index (χ1v) is 2.76. The third-order valence-electron chi connectivity index (χ3n) is 0.887. The molecule has 0 aromatic rings. The van der Waals surface area contributed by atoms with Crippen molar-refractivity contribution in [2.45, 2.75) is 6.92 Å². The SMILES string of the molecule is C=C(/C=C/C)C(=O)NC. The first-order valence-electron chi connectivity index (χ1n) is 2.76. The van der Waals surface area contributed by atoms with Gasteiger partial charge in [-0.3, -0.25) is 4.79 Å². The average Bonchev–Trinajstić information content (AvgIpc) is 1.87. The Morgan fingerprint density at radius 3 is 2.56 bits per heavy atom. The number of carbonyl (C=O) groups is 1. The lowest BCUT2D eigenvalue weighted by Crippen LogP contribution is -2.18. The smallest absolute Gasteiger partial charge is 0.250 e. The maximum absolute atomic E-state index is 10.6. The lowest BCUT2D eigenvalue weighted by Gasteiger charge is -1.94. The van der Waals surface area contributed by atoms with Crippen LogP contribution in [0.2, 0.25) is 0 Å². The van der Waals surface area contributed by atoms with E-state index < -0.39 is 0 Å². The van der Waals surface area contributed by atoms with Crippen LogP contribution in [-0.4, -0.2) is 13.0 Å². The number of likely N-dealkylation sites (N-methyl/N-ethyl adjacent to an activating group) is 1. The predicted octanol–water partition coefficient (Wildman–Crippen LogP) is 0.865. The zero-order chi connectivity index (χ0) is 7.28. The van der Waals surface area contributed by atoms with Crippen molar-refractivity contribution in [1.29, 1.82) is 0 Å². The lowest BCUT2D eigenvalue weighted by molar-refractivity contribution is -0.116. The van der Waals surface area contributed by atoms with Gasteiger partial charge in [0.05, 0.1) is 0 Å². The van der Waals surface area contributed by atoms with Crippen molar-refractivity contribution in [2.24, 2.45) is 0 Å². The van der Waals surface area contributed by atoms with Gasteiger partial charge in [-0.2, -0.15) is 0 Å². The highest BCUT2D eigenvalue weighted by molar-refractivity contribution is 5.95. The van der Waals surface area contributed by atoms with Gasteiger partial charge >= 0.3 is 0 Å². The molecule has 0 atom stereocenters. The number of nitrogens with one attached hydrogen (secondary N) is 1. The summed E-state index contributed by atoms with van der Waals surface area (Å²) in [7, 11) is 1.58. The molecule has 0 aliphatic rings. The van der Waals surface area contributed by atoms with Gasteiger partial charge in [0.2, 0.25) is 5.91 Å². The fourth-order valence-corrected chi connectivity index (χ4v) is 0.437. The molecule has 0 unspecified atom stereocenters. The molecule has 0 spiro atoms. The monoisotopic (exact) mass is 125 g/mol. The Kier molecular flexibility index (Phi) is 3.44. The first-order chi connectivity index (χ1) is 4.22. The fourth-order valence-electron chi connectivity index (χ4n) is 0.437. The normalized spacial score (nSPS) is 9.56. The molecular weight excluding hydrogens is 114 g/mol. The van der Waals surface area contributed by atoms with Crippen LogP contribution in [0.3, 0.4) is 0 Å². The molecule has 0 aliphatic heterocycles. The van der Waals surface area contributed by atoms with Gasteiger partial charge in [-0.1, -0.05) is 18.7 Å². The second-order valence-corrected chi connectivity index (χ2v) is 1.60. The summed E-state index contributed by atoms with van der Waals surface area (Å²) in [6.07, 6.45) is 3.44. The summed E-state index contributed by atoms with van der Waals surface area (Å²) >= 11 is 0. The summed E-state index contributed by atoms with van der Waals surface area (Å²) in [5.41, 5.74) is 0.486. The Balaban J connectivity index is 3.89. The van der Waals surface area contributed by atoms with Crippen LogP contribution in [0.25, 0.3) is 0 Å². The number of hydrogen-bond donors (Lipinski definition) is 1. The van der Waals surface area contributed by atoms with Crippen LogP contribution in [0.5, 0.6) is 0 Å². The molecule has 0 bridgehead atoms. The summed E-state index contributed by atoms with van der Waals surface area (Å²) in [6, 6.07) is 0. The standard InChI is InChI=1S/C7H11NO/c1-4-5-6(2)7(9)8-3/h4-5H,2H2,1,3H3,(H,8,9)/b5-4+. The number of allylic oxidation sites excluding steroid dienone is 1. The van der Waals surface area contributed by atoms with E-state index in [2.05, 4.69) is 11.9 Å². The van der Waals surface area contributed by atoms with Crippen LogP contribution in [-0.2, 0) is 4.79 Å². The summed E-state index contributed by atoms with van der Waals surface area (Å²) in [6.45, 7) is 5.36. The molecule has 9 heavy (non-hydrogen) atoms. The highest BCUT2D eigenvalue weighted by Gasteiger charge is 1.96. The van der Waals surface area contributed by atoms with Crippen molar-refractivity contribution in [3.8, 4) is 0 Å². The van der Waals surface area contributed by atoms with Crippen LogP contribution in [0, 0.1) is 0 Å². The Hall–Kier alpha value is -1.05. The van der Waals surface area contributed by atoms with Crippen molar-refractivity contribution in [1.82, 2.24) is 5.32 Å². The molecule has 50 valence electrons. The largest absolute Gasteiger partial charge is 0.355 e. The molecule has 1 N–H and O–H groups in total. The Labute approximate surface area is 55.3 Å². The molecule has 0 saturated carbocycles. The van der Waals surface area contributed by atoms with Crippen LogP contribution in [0.15, 0.2) is 24.3 Å². The molecule has 0 saturated heterocycles. The molecule has 0 aromatic carbocycles. The zero-order valence-electron chi connectivity index (χ0n) is 5.77. The van der Waals surface area contributed by atoms with Crippen LogP contribution in [0.1, 0.15) is 6.92 Å². The van der Waals surface area contributed by atoms with E-state index in [0.717, 1.165) is 0 Å². The molecule has 2 nitrogen and oxygen atoms in total. The minimum absolute atomic E-state index is 0.131. The molecular formula is C7H11NO. The van der Waals surface area contributed by atoms with E-state index in [1.165, 1.54) is 0 Å². The summed E-state index contributed by atoms with van der Waals surface area (Å²) < 4.78 is 0. The van der Waals surface area contributed by atoms with Gasteiger partial charge in [0.1, 0.15) is 0 Å². The van der Waals surface area contributed by atoms with Crippen molar-refractivity contribution in [3.05, 3.63) is 24.3 Å². The quantitative estimate of drug-likeness (QED) is 0.430. The van der Waals surface area contributed by atoms with E-state index >= 15 is 0 Å². The number of rotatable bonds is 2. The van der Waals surface area contributed by atoms with E-state index in [1.54, 1.807) is 19.2 Å². The van der Waals surface area contributed by atoms with Crippen molar-refractivity contribution < 1.29 is 4.79 Å². The molecule has 0 radical (unpaired) electrons. The maximum Gasteiger partial charge on any atom is 0.250 e. The summed E-state index contributed by atoms with van der Waals surface area (Å²) in [5, 5.41) is 2.46. The Morgan fingerprint density at radius 1 is 1.67 bits per heavy atom. The van der Waals surface area contributed by atoms with Crippen molar-refractivity contribution >= 4 is 5.91 Å². The highest BCUT2D eigenvalue weighted by atomic mass is 16.1. The van der Waals surface area contributed by atoms with Gasteiger partial charge in [0, 0.05) is 12.6 Å². The van der Waals surface area contributed by atoms with E-state index in [0.29, 0.717) is 5.57 Å². The molecule has 0 rings (SSSR count). The van der Waals surface area contributed by atoms with Crippen LogP contribution in [0.4, 0.5) is 0 Å². The van der Waals surface area contributed by atoms with Crippen molar-refractivity contribution in [2.75, 3.05) is 7.05 Å². The summed E-state index contributed by atoms with van der Waals surface area (Å²) in [4.78, 5) is 10.6. The highest BCUT2D eigenvalue weighted by Crippen LogP contribution is 1.90. The minimum Gasteiger partial charge on any atom is -0.355 e. The third kappa shape index (κ3) is 2.69. The number of amides is 1. The molecule has 0 aromatic heterocycles. The topological polar surface area (TPSA) is 29.1 Å². The van der Waals surface area contributed by atoms with Crippen molar-refractivity contribution in [3.63, 3.8) is 0 Å². The first kappa shape index (κ1) is 7.95. The predicted molar refractivity (Wildman–Crippen MR) is 38.0 cm³/mol. The van der Waals surface area contributed by atoms with Gasteiger partial charge in [0.15, 0.2) is 0 Å². The molecule has 0 heterocycles. The van der Waals surface area contributed by atoms with Gasteiger partial charge in [-0.25, -0.2) is 0 Å². The number of hydrogen-bond acceptors (Lipinski definition) is 1. The van der Waals surface area contributed by atoms with Gasteiger partial charge in [-0.05, 0) is 6.92 Å². The summed E-state index contributed by atoms with van der Waals surface area (Å²) in [5.74, 6) is -0.131. The van der Waals surface area contributed by atoms with E-state index in [-0.39, 0.29) is 5.91 Å². The Morgan fingerprint density at radius 2 is 2.22 bits per heavy atom. The molecule has 1 amide bonds. The fraction of sp³-hybridized carbons (Fsp3) is 0.286.